The summed E-state index contributed by atoms with van der Waals surface area (Å²) in [6.45, 7) is 3.32. The molecule has 0 bridgehead atoms. The van der Waals surface area contributed by atoms with Gasteiger partial charge in [0.1, 0.15) is 0 Å². The van der Waals surface area contributed by atoms with E-state index in [1.165, 1.54) is 0 Å². The maximum Gasteiger partial charge on any atom is 0.238 e. The van der Waals surface area contributed by atoms with Gasteiger partial charge in [0.05, 0.1) is 11.8 Å². The number of amides is 1. The van der Waals surface area contributed by atoms with Crippen LogP contribution in [0.3, 0.4) is 0 Å². The Morgan fingerprint density at radius 1 is 1.44 bits per heavy atom. The molecule has 16 heavy (non-hydrogen) atoms. The number of sulfonamides is 1. The third-order valence-electron chi connectivity index (χ3n) is 2.34. The van der Waals surface area contributed by atoms with Crippen LogP contribution in [-0.4, -0.2) is 51.8 Å². The van der Waals surface area contributed by atoms with Crippen molar-refractivity contribution in [2.75, 3.05) is 25.4 Å². The molecule has 1 saturated heterocycles. The van der Waals surface area contributed by atoms with E-state index in [1.54, 1.807) is 0 Å². The van der Waals surface area contributed by atoms with E-state index in [9.17, 15) is 13.2 Å². The summed E-state index contributed by atoms with van der Waals surface area (Å²) in [6.07, 6.45) is 0. The van der Waals surface area contributed by atoms with Crippen molar-refractivity contribution in [1.29, 1.82) is 0 Å². The fourth-order valence-electron chi connectivity index (χ4n) is 1.41. The topological polar surface area (TPSA) is 113 Å². The summed E-state index contributed by atoms with van der Waals surface area (Å²) in [4.78, 5) is 11.5. The summed E-state index contributed by atoms with van der Waals surface area (Å²) in [5.74, 6) is -0.446. The molecule has 1 rings (SSSR count). The Morgan fingerprint density at radius 2 is 2.12 bits per heavy atom. The second-order valence-electron chi connectivity index (χ2n) is 3.93. The van der Waals surface area contributed by atoms with Crippen molar-refractivity contribution in [1.82, 2.24) is 16.0 Å². The normalized spacial score (nSPS) is 26.4. The summed E-state index contributed by atoms with van der Waals surface area (Å²) >= 11 is 0. The molecule has 1 aliphatic rings. The Bertz CT molecular complexity index is 335. The SMILES string of the molecule is CC1CNC(C(=O)NCCS(N)(=O)=O)CN1. The molecule has 8 heteroatoms. The largest absolute Gasteiger partial charge is 0.354 e. The molecule has 0 aromatic carbocycles. The number of piperazine rings is 1. The van der Waals surface area contributed by atoms with Crippen LogP contribution in [0.2, 0.25) is 0 Å². The quantitative estimate of drug-likeness (QED) is 0.435. The first kappa shape index (κ1) is 13.4. The van der Waals surface area contributed by atoms with Crippen molar-refractivity contribution < 1.29 is 13.2 Å². The molecule has 0 aromatic rings. The summed E-state index contributed by atoms with van der Waals surface area (Å²) in [6, 6.07) is 0.0325. The Balaban J connectivity index is 2.25. The van der Waals surface area contributed by atoms with Gasteiger partial charge in [-0.1, -0.05) is 0 Å². The van der Waals surface area contributed by atoms with E-state index in [2.05, 4.69) is 16.0 Å². The lowest BCUT2D eigenvalue weighted by Gasteiger charge is -2.28. The third-order valence-corrected chi connectivity index (χ3v) is 3.12. The third kappa shape index (κ3) is 4.88. The molecule has 1 aliphatic heterocycles. The van der Waals surface area contributed by atoms with Gasteiger partial charge in [0.25, 0.3) is 0 Å². The molecule has 1 fully saturated rings. The second-order valence-corrected chi connectivity index (χ2v) is 5.66. The molecule has 7 nitrogen and oxygen atoms in total. The summed E-state index contributed by atoms with van der Waals surface area (Å²) in [5.41, 5.74) is 0. The van der Waals surface area contributed by atoms with E-state index in [-0.39, 0.29) is 24.2 Å². The molecule has 0 radical (unpaired) electrons. The second kappa shape index (κ2) is 5.58. The van der Waals surface area contributed by atoms with Crippen molar-refractivity contribution in [3.63, 3.8) is 0 Å². The molecule has 0 aromatic heterocycles. The molecule has 5 N–H and O–H groups in total. The number of primary sulfonamides is 1. The first-order valence-electron chi connectivity index (χ1n) is 5.13. The van der Waals surface area contributed by atoms with Crippen LogP contribution in [-0.2, 0) is 14.8 Å². The number of hydrogen-bond acceptors (Lipinski definition) is 5. The van der Waals surface area contributed by atoms with Crippen molar-refractivity contribution in [3.05, 3.63) is 0 Å². The van der Waals surface area contributed by atoms with Gasteiger partial charge in [-0.05, 0) is 6.92 Å². The minimum absolute atomic E-state index is 0.0470. The average Bonchev–Trinajstić information content (AvgIpc) is 2.16. The molecule has 0 aliphatic carbocycles. The highest BCUT2D eigenvalue weighted by atomic mass is 32.2. The molecule has 2 unspecified atom stereocenters. The summed E-state index contributed by atoms with van der Waals surface area (Å²) < 4.78 is 21.3. The van der Waals surface area contributed by atoms with E-state index < -0.39 is 10.0 Å². The molecule has 94 valence electrons. The molecule has 0 saturated carbocycles. The maximum absolute atomic E-state index is 11.5. The highest BCUT2D eigenvalue weighted by molar-refractivity contribution is 7.89. The molecule has 0 spiro atoms. The Labute approximate surface area is 95.2 Å². The number of carbonyl (C=O) groups is 1. The van der Waals surface area contributed by atoms with Crippen molar-refractivity contribution in [2.24, 2.45) is 5.14 Å². The minimum atomic E-state index is -3.51. The highest BCUT2D eigenvalue weighted by Crippen LogP contribution is 1.92. The Morgan fingerprint density at radius 3 is 2.62 bits per heavy atom. The lowest BCUT2D eigenvalue weighted by Crippen LogP contribution is -2.59. The first-order chi connectivity index (χ1) is 7.38. The van der Waals surface area contributed by atoms with Gasteiger partial charge in [0.15, 0.2) is 0 Å². The van der Waals surface area contributed by atoms with E-state index in [0.29, 0.717) is 19.1 Å². The van der Waals surface area contributed by atoms with Crippen LogP contribution >= 0.6 is 0 Å². The molecule has 1 amide bonds. The van der Waals surface area contributed by atoms with Crippen molar-refractivity contribution in [3.8, 4) is 0 Å². The van der Waals surface area contributed by atoms with Crippen molar-refractivity contribution in [2.45, 2.75) is 19.0 Å². The number of nitrogens with one attached hydrogen (secondary N) is 3. The zero-order chi connectivity index (χ0) is 12.2. The summed E-state index contributed by atoms with van der Waals surface area (Å²) in [7, 11) is -3.51. The molecule has 2 atom stereocenters. The number of nitrogens with two attached hydrogens (primary N) is 1. The maximum atomic E-state index is 11.5. The van der Waals surface area contributed by atoms with Crippen LogP contribution < -0.4 is 21.1 Å². The lowest BCUT2D eigenvalue weighted by molar-refractivity contribution is -0.123. The van der Waals surface area contributed by atoms with Crippen LogP contribution in [0.15, 0.2) is 0 Å². The average molecular weight is 250 g/mol. The van der Waals surface area contributed by atoms with E-state index >= 15 is 0 Å². The molecular weight excluding hydrogens is 232 g/mol. The standard InChI is InChI=1S/C8H18N4O3S/c1-6-4-12-7(5-11-6)8(13)10-2-3-16(9,14)15/h6-7,11-12H,2-5H2,1H3,(H,10,13)(H2,9,14,15). The van der Waals surface area contributed by atoms with Crippen LogP contribution in [0, 0.1) is 0 Å². The zero-order valence-corrected chi connectivity index (χ0v) is 10.0. The fraction of sp³-hybridized carbons (Fsp3) is 0.875. The zero-order valence-electron chi connectivity index (χ0n) is 9.19. The number of hydrogen-bond donors (Lipinski definition) is 4. The minimum Gasteiger partial charge on any atom is -0.354 e. The van der Waals surface area contributed by atoms with E-state index in [1.807, 2.05) is 6.92 Å². The van der Waals surface area contributed by atoms with Gasteiger partial charge in [-0.15, -0.1) is 0 Å². The highest BCUT2D eigenvalue weighted by Gasteiger charge is 2.22. The Hall–Kier alpha value is -0.700. The van der Waals surface area contributed by atoms with Gasteiger partial charge < -0.3 is 16.0 Å². The predicted molar refractivity (Wildman–Crippen MR) is 60.2 cm³/mol. The first-order valence-corrected chi connectivity index (χ1v) is 6.85. The van der Waals surface area contributed by atoms with Gasteiger partial charge in [-0.2, -0.15) is 0 Å². The Kier molecular flexibility index (Phi) is 4.66. The number of carbonyl (C=O) groups excluding carboxylic acids is 1. The van der Waals surface area contributed by atoms with Gasteiger partial charge in [0.2, 0.25) is 15.9 Å². The predicted octanol–water partition coefficient (Wildman–Crippen LogP) is -2.66. The van der Waals surface area contributed by atoms with E-state index in [4.69, 9.17) is 5.14 Å². The van der Waals surface area contributed by atoms with Gasteiger partial charge in [0, 0.05) is 25.7 Å². The molecule has 1 heterocycles. The monoisotopic (exact) mass is 250 g/mol. The number of rotatable bonds is 4. The fourth-order valence-corrected chi connectivity index (χ4v) is 1.79. The van der Waals surface area contributed by atoms with E-state index in [0.717, 1.165) is 0 Å². The van der Waals surface area contributed by atoms with Gasteiger partial charge in [-0.25, -0.2) is 13.6 Å². The smallest absolute Gasteiger partial charge is 0.238 e. The van der Waals surface area contributed by atoms with Crippen LogP contribution in [0.25, 0.3) is 0 Å². The van der Waals surface area contributed by atoms with Gasteiger partial charge in [-0.3, -0.25) is 4.79 Å². The van der Waals surface area contributed by atoms with Crippen molar-refractivity contribution >= 4 is 15.9 Å². The van der Waals surface area contributed by atoms with Gasteiger partial charge >= 0.3 is 0 Å². The molecular formula is C8H18N4O3S. The van der Waals surface area contributed by atoms with Crippen LogP contribution in [0.4, 0.5) is 0 Å². The van der Waals surface area contributed by atoms with Crippen LogP contribution in [0.5, 0.6) is 0 Å². The lowest BCUT2D eigenvalue weighted by atomic mass is 10.1. The van der Waals surface area contributed by atoms with Crippen LogP contribution in [0.1, 0.15) is 6.92 Å². The summed E-state index contributed by atoms with van der Waals surface area (Å²) in [5, 5.41) is 13.5.